The van der Waals surface area contributed by atoms with Crippen LogP contribution in [0.25, 0.3) is 0 Å². The summed E-state index contributed by atoms with van der Waals surface area (Å²) in [4.78, 5) is 0. The van der Waals surface area contributed by atoms with Gasteiger partial charge in [0.1, 0.15) is 18.5 Å². The van der Waals surface area contributed by atoms with Gasteiger partial charge in [0, 0.05) is 13.2 Å². The zero-order valence-corrected chi connectivity index (χ0v) is 8.99. The standard InChI is InChI=1S/C11H17NO3/c1-13-8-10-2-3-11(15-10)14-9-4-6-12-7-5-9/h2-3,9,12H,4-8H2,1H3. The van der Waals surface area contributed by atoms with E-state index >= 15 is 0 Å². The molecule has 2 heterocycles. The Balaban J connectivity index is 1.86. The predicted molar refractivity (Wildman–Crippen MR) is 55.9 cm³/mol. The summed E-state index contributed by atoms with van der Waals surface area (Å²) < 4.78 is 16.2. The molecule has 0 saturated carbocycles. The summed E-state index contributed by atoms with van der Waals surface area (Å²) in [5.41, 5.74) is 0. The fourth-order valence-electron chi connectivity index (χ4n) is 1.72. The number of piperidine rings is 1. The average molecular weight is 211 g/mol. The van der Waals surface area contributed by atoms with Crippen molar-refractivity contribution in [3.05, 3.63) is 17.9 Å². The van der Waals surface area contributed by atoms with Crippen molar-refractivity contribution < 1.29 is 13.9 Å². The molecule has 0 aromatic carbocycles. The first-order valence-electron chi connectivity index (χ1n) is 5.33. The van der Waals surface area contributed by atoms with Gasteiger partial charge < -0.3 is 19.2 Å². The van der Waals surface area contributed by atoms with Crippen LogP contribution < -0.4 is 10.1 Å². The summed E-state index contributed by atoms with van der Waals surface area (Å²) in [5.74, 6) is 1.41. The smallest absolute Gasteiger partial charge is 0.284 e. The van der Waals surface area contributed by atoms with Gasteiger partial charge in [-0.25, -0.2) is 0 Å². The molecule has 84 valence electrons. The van der Waals surface area contributed by atoms with Crippen molar-refractivity contribution >= 4 is 0 Å². The number of rotatable bonds is 4. The highest BCUT2D eigenvalue weighted by atomic mass is 16.6. The molecule has 1 fully saturated rings. The molecule has 2 rings (SSSR count). The molecule has 1 aromatic rings. The molecule has 0 radical (unpaired) electrons. The van der Waals surface area contributed by atoms with E-state index in [4.69, 9.17) is 13.9 Å². The van der Waals surface area contributed by atoms with Crippen molar-refractivity contribution in [1.29, 1.82) is 0 Å². The minimum atomic E-state index is 0.285. The van der Waals surface area contributed by atoms with Crippen molar-refractivity contribution in [2.24, 2.45) is 0 Å². The summed E-state index contributed by atoms with van der Waals surface area (Å²) in [5, 5.41) is 3.30. The van der Waals surface area contributed by atoms with Crippen LogP contribution in [0.1, 0.15) is 18.6 Å². The third-order valence-corrected chi connectivity index (χ3v) is 2.49. The van der Waals surface area contributed by atoms with Gasteiger partial charge in [0.2, 0.25) is 0 Å². The number of hydrogen-bond donors (Lipinski definition) is 1. The molecule has 0 atom stereocenters. The van der Waals surface area contributed by atoms with Gasteiger partial charge in [-0.1, -0.05) is 0 Å². The second kappa shape index (κ2) is 5.19. The van der Waals surface area contributed by atoms with Crippen LogP contribution in [0.2, 0.25) is 0 Å². The molecule has 1 N–H and O–H groups in total. The second-order valence-electron chi connectivity index (χ2n) is 3.72. The molecule has 1 aromatic heterocycles. The van der Waals surface area contributed by atoms with E-state index in [0.717, 1.165) is 31.7 Å². The van der Waals surface area contributed by atoms with Crippen molar-refractivity contribution in [3.8, 4) is 5.95 Å². The first kappa shape index (κ1) is 10.5. The fraction of sp³-hybridized carbons (Fsp3) is 0.636. The lowest BCUT2D eigenvalue weighted by Gasteiger charge is -2.22. The molecule has 1 aliphatic heterocycles. The summed E-state index contributed by atoms with van der Waals surface area (Å²) in [6.45, 7) is 2.54. The lowest BCUT2D eigenvalue weighted by Crippen LogP contribution is -2.34. The zero-order chi connectivity index (χ0) is 10.5. The fourth-order valence-corrected chi connectivity index (χ4v) is 1.72. The van der Waals surface area contributed by atoms with Crippen LogP contribution in [0, 0.1) is 0 Å². The van der Waals surface area contributed by atoms with E-state index in [2.05, 4.69) is 5.32 Å². The molecule has 0 amide bonds. The summed E-state index contributed by atoms with van der Waals surface area (Å²) >= 11 is 0. The van der Waals surface area contributed by atoms with Crippen molar-refractivity contribution in [3.63, 3.8) is 0 Å². The maximum atomic E-state index is 5.72. The van der Waals surface area contributed by atoms with Crippen molar-refractivity contribution in [2.45, 2.75) is 25.6 Å². The monoisotopic (exact) mass is 211 g/mol. The summed E-state index contributed by atoms with van der Waals surface area (Å²) in [6.07, 6.45) is 2.37. The minimum Gasteiger partial charge on any atom is -0.462 e. The van der Waals surface area contributed by atoms with Crippen molar-refractivity contribution in [2.75, 3.05) is 20.2 Å². The van der Waals surface area contributed by atoms with Crippen LogP contribution in [-0.2, 0) is 11.3 Å². The average Bonchev–Trinajstić information content (AvgIpc) is 2.68. The molecule has 15 heavy (non-hydrogen) atoms. The molecule has 1 saturated heterocycles. The van der Waals surface area contributed by atoms with E-state index in [1.165, 1.54) is 0 Å². The highest BCUT2D eigenvalue weighted by molar-refractivity contribution is 5.11. The van der Waals surface area contributed by atoms with Gasteiger partial charge in [-0.05, 0) is 32.0 Å². The molecule has 0 bridgehead atoms. The quantitative estimate of drug-likeness (QED) is 0.820. The molecule has 0 aliphatic carbocycles. The maximum Gasteiger partial charge on any atom is 0.284 e. The molecule has 0 unspecified atom stereocenters. The first-order valence-corrected chi connectivity index (χ1v) is 5.33. The Bertz CT molecular complexity index is 292. The lowest BCUT2D eigenvalue weighted by molar-refractivity contribution is 0.112. The Labute approximate surface area is 89.6 Å². The van der Waals surface area contributed by atoms with Gasteiger partial charge in [0.15, 0.2) is 0 Å². The highest BCUT2D eigenvalue weighted by Crippen LogP contribution is 2.20. The van der Waals surface area contributed by atoms with Crippen LogP contribution in [0.5, 0.6) is 5.95 Å². The number of methoxy groups -OCH3 is 1. The van der Waals surface area contributed by atoms with E-state index in [1.807, 2.05) is 12.1 Å². The molecule has 0 spiro atoms. The third-order valence-electron chi connectivity index (χ3n) is 2.49. The number of furan rings is 1. The minimum absolute atomic E-state index is 0.285. The van der Waals surface area contributed by atoms with E-state index in [9.17, 15) is 0 Å². The van der Waals surface area contributed by atoms with E-state index < -0.39 is 0 Å². The van der Waals surface area contributed by atoms with Crippen LogP contribution in [-0.4, -0.2) is 26.3 Å². The molecule has 4 heteroatoms. The molecule has 4 nitrogen and oxygen atoms in total. The van der Waals surface area contributed by atoms with Gasteiger partial charge in [0.05, 0.1) is 0 Å². The molecule has 1 aliphatic rings. The summed E-state index contributed by atoms with van der Waals surface area (Å²) in [6, 6.07) is 3.75. The Hall–Kier alpha value is -1.00. The van der Waals surface area contributed by atoms with Crippen molar-refractivity contribution in [1.82, 2.24) is 5.32 Å². The van der Waals surface area contributed by atoms with Gasteiger partial charge in [-0.3, -0.25) is 0 Å². The topological polar surface area (TPSA) is 43.6 Å². The first-order chi connectivity index (χ1) is 7.38. The second-order valence-corrected chi connectivity index (χ2v) is 3.72. The maximum absolute atomic E-state index is 5.72. The molecular weight excluding hydrogens is 194 g/mol. The normalized spacial score (nSPS) is 17.9. The van der Waals surface area contributed by atoms with Crippen LogP contribution in [0.3, 0.4) is 0 Å². The Kier molecular flexibility index (Phi) is 3.64. The zero-order valence-electron chi connectivity index (χ0n) is 8.99. The van der Waals surface area contributed by atoms with Gasteiger partial charge in [0.25, 0.3) is 5.95 Å². The molecular formula is C11H17NO3. The van der Waals surface area contributed by atoms with Crippen LogP contribution in [0.15, 0.2) is 16.5 Å². The number of nitrogens with one attached hydrogen (secondary N) is 1. The third kappa shape index (κ3) is 2.97. The largest absolute Gasteiger partial charge is 0.462 e. The van der Waals surface area contributed by atoms with Gasteiger partial charge in [-0.2, -0.15) is 0 Å². The van der Waals surface area contributed by atoms with Gasteiger partial charge in [-0.15, -0.1) is 0 Å². The SMILES string of the molecule is COCc1ccc(OC2CCNCC2)o1. The van der Waals surface area contributed by atoms with E-state index in [0.29, 0.717) is 12.6 Å². The number of ether oxygens (including phenoxy) is 2. The Morgan fingerprint density at radius 2 is 2.20 bits per heavy atom. The Morgan fingerprint density at radius 3 is 2.93 bits per heavy atom. The summed E-state index contributed by atoms with van der Waals surface area (Å²) in [7, 11) is 1.65. The van der Waals surface area contributed by atoms with Crippen LogP contribution in [0.4, 0.5) is 0 Å². The number of hydrogen-bond acceptors (Lipinski definition) is 4. The van der Waals surface area contributed by atoms with Gasteiger partial charge >= 0.3 is 0 Å². The van der Waals surface area contributed by atoms with Crippen LogP contribution >= 0.6 is 0 Å². The Morgan fingerprint density at radius 1 is 1.40 bits per heavy atom. The van der Waals surface area contributed by atoms with E-state index in [-0.39, 0.29) is 6.10 Å². The lowest BCUT2D eigenvalue weighted by atomic mass is 10.1. The predicted octanol–water partition coefficient (Wildman–Crippen LogP) is 1.56. The van der Waals surface area contributed by atoms with E-state index in [1.54, 1.807) is 7.11 Å². The highest BCUT2D eigenvalue weighted by Gasteiger charge is 2.15.